The zero-order chi connectivity index (χ0) is 22.3. The van der Waals surface area contributed by atoms with Crippen LogP contribution in [0.3, 0.4) is 0 Å². The number of hydrogen-bond acceptors (Lipinski definition) is 3. The fourth-order valence-corrected chi connectivity index (χ4v) is 3.97. The molecule has 0 amide bonds. The van der Waals surface area contributed by atoms with Crippen molar-refractivity contribution in [3.8, 4) is 11.5 Å². The molecule has 1 aromatic heterocycles. The summed E-state index contributed by atoms with van der Waals surface area (Å²) in [5.74, 6) is 0.682. The highest BCUT2D eigenvalue weighted by atomic mass is 35.5. The average Bonchev–Trinajstić information content (AvgIpc) is 3.21. The van der Waals surface area contributed by atoms with Gasteiger partial charge in [-0.15, -0.1) is 0 Å². The highest BCUT2D eigenvalue weighted by Crippen LogP contribution is 2.37. The second kappa shape index (κ2) is 10.5. The van der Waals surface area contributed by atoms with E-state index in [1.54, 1.807) is 18.2 Å². The summed E-state index contributed by atoms with van der Waals surface area (Å²) in [4.78, 5) is 3.31. The van der Waals surface area contributed by atoms with Crippen LogP contribution in [0.5, 0.6) is 11.5 Å². The summed E-state index contributed by atoms with van der Waals surface area (Å²) in [6.07, 6.45) is 2.98. The van der Waals surface area contributed by atoms with E-state index in [4.69, 9.17) is 21.1 Å². The third kappa shape index (κ3) is 5.23. The van der Waals surface area contributed by atoms with Crippen LogP contribution in [0.25, 0.3) is 10.9 Å². The minimum Gasteiger partial charge on any atom is -0.490 e. The summed E-state index contributed by atoms with van der Waals surface area (Å²) in [5.41, 5.74) is 3.91. The molecule has 2 N–H and O–H groups in total. The molecule has 4 nitrogen and oxygen atoms in total. The lowest BCUT2D eigenvalue weighted by molar-refractivity contribution is 0.266. The molecule has 0 aliphatic carbocycles. The molecular formula is C26H26ClFN2O2. The molecule has 0 radical (unpaired) electrons. The molecule has 0 saturated carbocycles. The van der Waals surface area contributed by atoms with Crippen molar-refractivity contribution in [2.45, 2.75) is 26.5 Å². The quantitative estimate of drug-likeness (QED) is 0.279. The molecule has 32 heavy (non-hydrogen) atoms. The van der Waals surface area contributed by atoms with Gasteiger partial charge in [-0.1, -0.05) is 48.0 Å². The molecule has 0 aliphatic heterocycles. The summed E-state index contributed by atoms with van der Waals surface area (Å²) in [5, 5.41) is 5.17. The van der Waals surface area contributed by atoms with Crippen molar-refractivity contribution in [2.24, 2.45) is 0 Å². The highest BCUT2D eigenvalue weighted by molar-refractivity contribution is 6.32. The Balaban J connectivity index is 1.39. The van der Waals surface area contributed by atoms with Gasteiger partial charge >= 0.3 is 0 Å². The van der Waals surface area contributed by atoms with Crippen LogP contribution in [0.1, 0.15) is 23.6 Å². The normalized spacial score (nSPS) is 11.1. The fourth-order valence-electron chi connectivity index (χ4n) is 3.69. The van der Waals surface area contributed by atoms with Gasteiger partial charge in [-0.25, -0.2) is 4.39 Å². The minimum atomic E-state index is -0.308. The number of aromatic nitrogens is 1. The Morgan fingerprint density at radius 3 is 2.66 bits per heavy atom. The Morgan fingerprint density at radius 1 is 1.00 bits per heavy atom. The Morgan fingerprint density at radius 2 is 1.81 bits per heavy atom. The lowest BCUT2D eigenvalue weighted by Crippen LogP contribution is -2.16. The van der Waals surface area contributed by atoms with E-state index in [0.29, 0.717) is 35.2 Å². The molecule has 0 atom stereocenters. The Kier molecular flexibility index (Phi) is 7.30. The van der Waals surface area contributed by atoms with Crippen LogP contribution in [-0.4, -0.2) is 18.1 Å². The molecule has 4 rings (SSSR count). The van der Waals surface area contributed by atoms with E-state index in [9.17, 15) is 4.39 Å². The van der Waals surface area contributed by atoms with Gasteiger partial charge in [-0.2, -0.15) is 0 Å². The zero-order valence-corrected chi connectivity index (χ0v) is 18.7. The van der Waals surface area contributed by atoms with Gasteiger partial charge in [0.15, 0.2) is 11.5 Å². The van der Waals surface area contributed by atoms with Crippen LogP contribution in [0.2, 0.25) is 5.02 Å². The number of aromatic amines is 1. The topological polar surface area (TPSA) is 46.3 Å². The van der Waals surface area contributed by atoms with E-state index >= 15 is 0 Å². The number of hydrogen-bond donors (Lipinski definition) is 2. The first-order valence-corrected chi connectivity index (χ1v) is 11.1. The van der Waals surface area contributed by atoms with Crippen molar-refractivity contribution in [3.05, 3.63) is 94.4 Å². The van der Waals surface area contributed by atoms with Gasteiger partial charge in [0.1, 0.15) is 12.4 Å². The summed E-state index contributed by atoms with van der Waals surface area (Å²) in [7, 11) is 0. The van der Waals surface area contributed by atoms with Gasteiger partial charge in [0.05, 0.1) is 11.6 Å². The van der Waals surface area contributed by atoms with Crippen molar-refractivity contribution in [3.63, 3.8) is 0 Å². The molecule has 0 aliphatic rings. The number of fused-ring (bicyclic) bond motifs is 1. The molecule has 0 saturated heterocycles. The van der Waals surface area contributed by atoms with Gasteiger partial charge in [0.2, 0.25) is 0 Å². The van der Waals surface area contributed by atoms with E-state index in [1.165, 1.54) is 17.0 Å². The molecule has 0 fully saturated rings. The molecule has 0 bridgehead atoms. The van der Waals surface area contributed by atoms with Gasteiger partial charge in [-0.05, 0) is 55.3 Å². The monoisotopic (exact) mass is 452 g/mol. The predicted octanol–water partition coefficient (Wildman–Crippen LogP) is 6.27. The molecule has 4 aromatic rings. The van der Waals surface area contributed by atoms with Crippen molar-refractivity contribution in [2.75, 3.05) is 13.2 Å². The maximum Gasteiger partial charge on any atom is 0.180 e. The van der Waals surface area contributed by atoms with Crippen LogP contribution < -0.4 is 14.8 Å². The highest BCUT2D eigenvalue weighted by Gasteiger charge is 2.14. The first-order chi connectivity index (χ1) is 15.7. The summed E-state index contributed by atoms with van der Waals surface area (Å²) in [6.45, 7) is 3.93. The molecule has 3 aromatic carbocycles. The number of H-pyrrole nitrogens is 1. The molecule has 0 spiro atoms. The van der Waals surface area contributed by atoms with Gasteiger partial charge in [0.25, 0.3) is 0 Å². The van der Waals surface area contributed by atoms with Crippen LogP contribution in [-0.2, 0) is 19.6 Å². The van der Waals surface area contributed by atoms with Crippen molar-refractivity contribution in [1.29, 1.82) is 0 Å². The molecule has 6 heteroatoms. The Labute approximate surface area is 192 Å². The number of halogens is 2. The SMILES string of the molecule is CCOc1cc(CNCCc2c[nH]c3ccccc23)cc(Cl)c1OCc1ccccc1F. The molecule has 166 valence electrons. The lowest BCUT2D eigenvalue weighted by atomic mass is 10.1. The van der Waals surface area contributed by atoms with Gasteiger partial charge in [0, 0.05) is 29.2 Å². The lowest BCUT2D eigenvalue weighted by Gasteiger charge is -2.16. The fraction of sp³-hybridized carbons (Fsp3) is 0.231. The largest absolute Gasteiger partial charge is 0.490 e. The van der Waals surface area contributed by atoms with Crippen LogP contribution >= 0.6 is 11.6 Å². The van der Waals surface area contributed by atoms with E-state index in [1.807, 2.05) is 25.1 Å². The zero-order valence-electron chi connectivity index (χ0n) is 18.0. The average molecular weight is 453 g/mol. The second-order valence-corrected chi connectivity index (χ2v) is 7.91. The number of rotatable bonds is 10. The third-order valence-corrected chi connectivity index (χ3v) is 5.55. The minimum absolute atomic E-state index is 0.0781. The second-order valence-electron chi connectivity index (χ2n) is 7.50. The van der Waals surface area contributed by atoms with Crippen LogP contribution in [0, 0.1) is 5.82 Å². The van der Waals surface area contributed by atoms with E-state index in [0.717, 1.165) is 24.0 Å². The van der Waals surface area contributed by atoms with E-state index in [-0.39, 0.29) is 12.4 Å². The van der Waals surface area contributed by atoms with Gasteiger partial charge in [-0.3, -0.25) is 0 Å². The standard InChI is InChI=1S/C26H26ClFN2O2/c1-2-31-25-14-18(13-22(27)26(25)32-17-20-7-3-5-9-23(20)28)15-29-12-11-19-16-30-24-10-6-4-8-21(19)24/h3-10,13-14,16,29-30H,2,11-12,15,17H2,1H3. The number of para-hydroxylation sites is 1. The predicted molar refractivity (Wildman–Crippen MR) is 127 cm³/mol. The molecule has 1 heterocycles. The van der Waals surface area contributed by atoms with Crippen molar-refractivity contribution in [1.82, 2.24) is 10.3 Å². The summed E-state index contributed by atoms with van der Waals surface area (Å²) < 4.78 is 25.5. The van der Waals surface area contributed by atoms with Gasteiger partial charge < -0.3 is 19.8 Å². The molecule has 0 unspecified atom stereocenters. The Bertz CT molecular complexity index is 1190. The molecular weight excluding hydrogens is 427 g/mol. The van der Waals surface area contributed by atoms with Crippen LogP contribution in [0.15, 0.2) is 66.9 Å². The van der Waals surface area contributed by atoms with Crippen LogP contribution in [0.4, 0.5) is 4.39 Å². The van der Waals surface area contributed by atoms with E-state index < -0.39 is 0 Å². The first-order valence-electron chi connectivity index (χ1n) is 10.7. The number of nitrogens with one attached hydrogen (secondary N) is 2. The Hall–Kier alpha value is -3.02. The smallest absolute Gasteiger partial charge is 0.180 e. The van der Waals surface area contributed by atoms with E-state index in [2.05, 4.69) is 34.7 Å². The number of ether oxygens (including phenoxy) is 2. The third-order valence-electron chi connectivity index (χ3n) is 5.27. The maximum absolute atomic E-state index is 13.9. The first kappa shape index (κ1) is 22.2. The maximum atomic E-state index is 13.9. The number of benzene rings is 3. The summed E-state index contributed by atoms with van der Waals surface area (Å²) >= 11 is 6.51. The summed E-state index contributed by atoms with van der Waals surface area (Å²) in [6, 6.07) is 18.6. The van der Waals surface area contributed by atoms with Crippen molar-refractivity contribution >= 4 is 22.5 Å². The van der Waals surface area contributed by atoms with Crippen molar-refractivity contribution < 1.29 is 13.9 Å².